The molecule has 16 heavy (non-hydrogen) atoms. The molecular formula is C13H12N2O. The lowest BCUT2D eigenvalue weighted by Gasteiger charge is -2.18. The van der Waals surface area contributed by atoms with Crippen molar-refractivity contribution in [3.05, 3.63) is 77.1 Å². The lowest BCUT2D eigenvalue weighted by atomic mass is 10.2. The van der Waals surface area contributed by atoms with Crippen LogP contribution in [0.1, 0.15) is 5.56 Å². The number of hydrogen-bond acceptors (Lipinski definition) is 3. The molecule has 0 saturated heterocycles. The van der Waals surface area contributed by atoms with E-state index in [-0.39, 0.29) is 0 Å². The highest BCUT2D eigenvalue weighted by atomic mass is 16.2. The summed E-state index contributed by atoms with van der Waals surface area (Å²) < 4.78 is 0. The van der Waals surface area contributed by atoms with Crippen molar-refractivity contribution < 1.29 is 0 Å². The number of nitrogens with zero attached hydrogens (tertiary/aromatic N) is 2. The zero-order valence-corrected chi connectivity index (χ0v) is 8.78. The Morgan fingerprint density at radius 3 is 2.44 bits per heavy atom. The molecule has 0 N–H and O–H groups in total. The highest BCUT2D eigenvalue weighted by molar-refractivity contribution is 5.33. The molecule has 80 valence electrons. The number of benzene rings is 1. The van der Waals surface area contributed by atoms with Crippen molar-refractivity contribution in [1.29, 1.82) is 0 Å². The van der Waals surface area contributed by atoms with Crippen LogP contribution in [0.5, 0.6) is 0 Å². The van der Waals surface area contributed by atoms with Crippen LogP contribution in [0.2, 0.25) is 0 Å². The first kappa shape index (κ1) is 10.4. The second-order valence-corrected chi connectivity index (χ2v) is 3.52. The Morgan fingerprint density at radius 2 is 1.81 bits per heavy atom. The van der Waals surface area contributed by atoms with E-state index in [0.29, 0.717) is 0 Å². The molecular weight excluding hydrogens is 200 g/mol. The average Bonchev–Trinajstić information content (AvgIpc) is 2.33. The Morgan fingerprint density at radius 1 is 1.12 bits per heavy atom. The van der Waals surface area contributed by atoms with E-state index in [1.165, 1.54) is 11.8 Å². The Kier molecular flexibility index (Phi) is 3.28. The maximum absolute atomic E-state index is 10.0. The van der Waals surface area contributed by atoms with Gasteiger partial charge < -0.3 is 4.90 Å². The molecule has 0 fully saturated rings. The zero-order chi connectivity index (χ0) is 11.2. The average molecular weight is 212 g/mol. The molecule has 0 spiro atoms. The Bertz CT molecular complexity index is 430. The van der Waals surface area contributed by atoms with Gasteiger partial charge in [-0.25, -0.2) is 0 Å². The first-order valence-corrected chi connectivity index (χ1v) is 5.07. The van der Waals surface area contributed by atoms with Crippen molar-refractivity contribution >= 4 is 0 Å². The predicted octanol–water partition coefficient (Wildman–Crippen LogP) is 3.18. The molecule has 0 atom stereocenters. The summed E-state index contributed by atoms with van der Waals surface area (Å²) in [5, 5.41) is 2.74. The van der Waals surface area contributed by atoms with Gasteiger partial charge in [-0.1, -0.05) is 30.3 Å². The normalized spacial score (nSPS) is 14.0. The predicted molar refractivity (Wildman–Crippen MR) is 64.1 cm³/mol. The first-order chi connectivity index (χ1) is 7.88. The van der Waals surface area contributed by atoms with Gasteiger partial charge in [-0.2, -0.15) is 0 Å². The molecule has 0 unspecified atom stereocenters. The van der Waals surface area contributed by atoms with Crippen LogP contribution in [0, 0.1) is 4.91 Å². The third-order valence-corrected chi connectivity index (χ3v) is 2.33. The number of nitroso groups, excluding NO2 is 1. The van der Waals surface area contributed by atoms with Crippen LogP contribution in [0.3, 0.4) is 0 Å². The lowest BCUT2D eigenvalue weighted by Crippen LogP contribution is -2.11. The molecule has 0 aliphatic carbocycles. The molecule has 1 aromatic rings. The minimum absolute atomic E-state index is 0.819. The Labute approximate surface area is 94.4 Å². The summed E-state index contributed by atoms with van der Waals surface area (Å²) in [6.07, 6.45) is 8.90. The van der Waals surface area contributed by atoms with E-state index in [1.54, 1.807) is 0 Å². The highest BCUT2D eigenvalue weighted by Gasteiger charge is 2.01. The summed E-state index contributed by atoms with van der Waals surface area (Å²) in [7, 11) is 0. The lowest BCUT2D eigenvalue weighted by molar-refractivity contribution is 0.497. The number of hydrogen-bond donors (Lipinski definition) is 0. The number of rotatable bonds is 3. The van der Waals surface area contributed by atoms with E-state index in [2.05, 4.69) is 22.2 Å². The van der Waals surface area contributed by atoms with Gasteiger partial charge in [0, 0.05) is 18.9 Å². The maximum Gasteiger partial charge on any atom is 0.0788 e. The van der Waals surface area contributed by atoms with Crippen molar-refractivity contribution in [2.24, 2.45) is 5.18 Å². The van der Waals surface area contributed by atoms with Crippen LogP contribution in [-0.4, -0.2) is 4.90 Å². The molecule has 1 aliphatic rings. The SMILES string of the molecule is O=NC=C1C=CN(Cc2ccccc2)C=C1. The van der Waals surface area contributed by atoms with Crippen molar-refractivity contribution in [3.63, 3.8) is 0 Å². The summed E-state index contributed by atoms with van der Waals surface area (Å²) in [4.78, 5) is 12.1. The van der Waals surface area contributed by atoms with Crippen LogP contribution >= 0.6 is 0 Å². The minimum Gasteiger partial charge on any atom is -0.350 e. The van der Waals surface area contributed by atoms with Gasteiger partial charge in [0.15, 0.2) is 0 Å². The van der Waals surface area contributed by atoms with Crippen LogP contribution < -0.4 is 0 Å². The maximum atomic E-state index is 10.0. The smallest absolute Gasteiger partial charge is 0.0788 e. The molecule has 1 aromatic carbocycles. The van der Waals surface area contributed by atoms with Crippen molar-refractivity contribution in [1.82, 2.24) is 4.90 Å². The molecule has 0 bridgehead atoms. The van der Waals surface area contributed by atoms with Gasteiger partial charge in [-0.3, -0.25) is 0 Å². The second-order valence-electron chi connectivity index (χ2n) is 3.52. The molecule has 0 amide bonds. The van der Waals surface area contributed by atoms with E-state index in [0.717, 1.165) is 12.1 Å². The fourth-order valence-corrected chi connectivity index (χ4v) is 1.52. The Hall–Kier alpha value is -2.16. The standard InChI is InChI=1S/C13H12N2O/c16-14-10-12-6-8-15(9-7-12)11-13-4-2-1-3-5-13/h1-10H,11H2. The van der Waals surface area contributed by atoms with Crippen molar-refractivity contribution in [2.45, 2.75) is 6.54 Å². The monoisotopic (exact) mass is 212 g/mol. The van der Waals surface area contributed by atoms with E-state index < -0.39 is 0 Å². The molecule has 0 radical (unpaired) electrons. The van der Waals surface area contributed by atoms with Crippen LogP contribution in [-0.2, 0) is 6.54 Å². The second kappa shape index (κ2) is 5.07. The highest BCUT2D eigenvalue weighted by Crippen LogP contribution is 2.12. The summed E-state index contributed by atoms with van der Waals surface area (Å²) in [5.74, 6) is 0. The van der Waals surface area contributed by atoms with Crippen LogP contribution in [0.15, 0.2) is 71.8 Å². The van der Waals surface area contributed by atoms with Gasteiger partial charge in [0.25, 0.3) is 0 Å². The largest absolute Gasteiger partial charge is 0.350 e. The minimum atomic E-state index is 0.819. The summed E-state index contributed by atoms with van der Waals surface area (Å²) in [6.45, 7) is 0.829. The van der Waals surface area contributed by atoms with Crippen molar-refractivity contribution in [2.75, 3.05) is 0 Å². The van der Waals surface area contributed by atoms with Gasteiger partial charge in [0.2, 0.25) is 0 Å². The fourth-order valence-electron chi connectivity index (χ4n) is 1.52. The third kappa shape index (κ3) is 2.67. The van der Waals surface area contributed by atoms with E-state index >= 15 is 0 Å². The molecule has 2 rings (SSSR count). The van der Waals surface area contributed by atoms with Gasteiger partial charge in [-0.15, -0.1) is 4.91 Å². The molecule has 3 nitrogen and oxygen atoms in total. The van der Waals surface area contributed by atoms with E-state index in [1.807, 2.05) is 42.8 Å². The molecule has 0 saturated carbocycles. The molecule has 1 heterocycles. The topological polar surface area (TPSA) is 32.7 Å². The summed E-state index contributed by atoms with van der Waals surface area (Å²) >= 11 is 0. The third-order valence-electron chi connectivity index (χ3n) is 2.33. The van der Waals surface area contributed by atoms with Gasteiger partial charge in [0.05, 0.1) is 6.20 Å². The van der Waals surface area contributed by atoms with Crippen LogP contribution in [0.4, 0.5) is 0 Å². The van der Waals surface area contributed by atoms with Gasteiger partial charge in [-0.05, 0) is 28.5 Å². The fraction of sp³-hybridized carbons (Fsp3) is 0.0769. The molecule has 0 aromatic heterocycles. The summed E-state index contributed by atoms with van der Waals surface area (Å²) in [6, 6.07) is 10.2. The van der Waals surface area contributed by atoms with E-state index in [9.17, 15) is 4.91 Å². The van der Waals surface area contributed by atoms with E-state index in [4.69, 9.17) is 0 Å². The quantitative estimate of drug-likeness (QED) is 0.721. The van der Waals surface area contributed by atoms with Crippen molar-refractivity contribution in [3.8, 4) is 0 Å². The first-order valence-electron chi connectivity index (χ1n) is 5.07. The number of allylic oxidation sites excluding steroid dienone is 3. The Balaban J connectivity index is 2.00. The summed E-state index contributed by atoms with van der Waals surface area (Å²) in [5.41, 5.74) is 2.07. The molecule has 3 heteroatoms. The van der Waals surface area contributed by atoms with Gasteiger partial charge >= 0.3 is 0 Å². The molecule has 1 aliphatic heterocycles. The van der Waals surface area contributed by atoms with Crippen LogP contribution in [0.25, 0.3) is 0 Å². The van der Waals surface area contributed by atoms with Gasteiger partial charge in [0.1, 0.15) is 0 Å². The zero-order valence-electron chi connectivity index (χ0n) is 8.78.